The Kier molecular flexibility index (Phi) is 5.86. The molecule has 29 heavy (non-hydrogen) atoms. The predicted molar refractivity (Wildman–Crippen MR) is 108 cm³/mol. The summed E-state index contributed by atoms with van der Waals surface area (Å²) in [5.41, 5.74) is 0.342. The fourth-order valence-electron chi connectivity index (χ4n) is 2.56. The molecule has 0 aromatic heterocycles. The highest BCUT2D eigenvalue weighted by atomic mass is 35.5. The Morgan fingerprint density at radius 2 is 1.62 bits per heavy atom. The molecule has 1 N–H and O–H groups in total. The highest BCUT2D eigenvalue weighted by Gasteiger charge is 2.22. The van der Waals surface area contributed by atoms with Gasteiger partial charge in [0.15, 0.2) is 11.6 Å². The van der Waals surface area contributed by atoms with Crippen molar-refractivity contribution in [2.24, 2.45) is 0 Å². The summed E-state index contributed by atoms with van der Waals surface area (Å²) in [4.78, 5) is 12.3. The molecular weight excluding hydrogens is 422 g/mol. The largest absolute Gasteiger partial charge is 0.322 e. The second kappa shape index (κ2) is 8.18. The summed E-state index contributed by atoms with van der Waals surface area (Å²) in [6.07, 6.45) is 0. The van der Waals surface area contributed by atoms with Gasteiger partial charge in [-0.05, 0) is 42.5 Å². The molecule has 1 amide bonds. The Balaban J connectivity index is 1.88. The number of anilines is 2. The van der Waals surface area contributed by atoms with Gasteiger partial charge in [0, 0.05) is 12.7 Å². The van der Waals surface area contributed by atoms with Crippen molar-refractivity contribution in [2.45, 2.75) is 4.90 Å². The zero-order chi connectivity index (χ0) is 21.2. The van der Waals surface area contributed by atoms with E-state index in [1.165, 1.54) is 31.3 Å². The normalized spacial score (nSPS) is 11.2. The monoisotopic (exact) mass is 436 g/mol. The summed E-state index contributed by atoms with van der Waals surface area (Å²) in [5, 5.41) is 2.17. The van der Waals surface area contributed by atoms with Crippen LogP contribution in [0, 0.1) is 11.6 Å². The Morgan fingerprint density at radius 1 is 0.966 bits per heavy atom. The molecule has 0 fully saturated rings. The fourth-order valence-corrected chi connectivity index (χ4v) is 4.04. The lowest BCUT2D eigenvalue weighted by atomic mass is 10.2. The van der Waals surface area contributed by atoms with E-state index in [1.807, 2.05) is 0 Å². The SMILES string of the molecule is CN(c1ccccc1)S(=O)(=O)c1cccc(NC(=O)c2cc(F)c(F)cc2Cl)c1. The molecule has 0 unspecified atom stereocenters. The van der Waals surface area contributed by atoms with E-state index >= 15 is 0 Å². The molecule has 5 nitrogen and oxygen atoms in total. The van der Waals surface area contributed by atoms with Crippen LogP contribution in [0.1, 0.15) is 10.4 Å². The van der Waals surface area contributed by atoms with Crippen molar-refractivity contribution in [3.8, 4) is 0 Å². The molecule has 0 spiro atoms. The van der Waals surface area contributed by atoms with Gasteiger partial charge in [-0.2, -0.15) is 0 Å². The molecule has 0 aliphatic heterocycles. The lowest BCUT2D eigenvalue weighted by Crippen LogP contribution is -2.26. The van der Waals surface area contributed by atoms with Crippen molar-refractivity contribution in [3.05, 3.63) is 89.0 Å². The summed E-state index contributed by atoms with van der Waals surface area (Å²) in [6, 6.07) is 15.4. The van der Waals surface area contributed by atoms with E-state index < -0.39 is 27.6 Å². The first kappa shape index (κ1) is 20.8. The van der Waals surface area contributed by atoms with Gasteiger partial charge in [0.05, 0.1) is 21.2 Å². The summed E-state index contributed by atoms with van der Waals surface area (Å²) in [7, 11) is -2.48. The average Bonchev–Trinajstić information content (AvgIpc) is 2.71. The molecule has 9 heteroatoms. The van der Waals surface area contributed by atoms with Gasteiger partial charge >= 0.3 is 0 Å². The minimum atomic E-state index is -3.89. The molecule has 0 aliphatic carbocycles. The van der Waals surface area contributed by atoms with Gasteiger partial charge in [-0.25, -0.2) is 17.2 Å². The maximum absolute atomic E-state index is 13.4. The molecule has 0 bridgehead atoms. The minimum absolute atomic E-state index is 0.0574. The number of benzene rings is 3. The van der Waals surface area contributed by atoms with Crippen LogP contribution in [-0.2, 0) is 10.0 Å². The Labute approximate surface area is 171 Å². The van der Waals surface area contributed by atoms with Crippen LogP contribution in [0.3, 0.4) is 0 Å². The van der Waals surface area contributed by atoms with Gasteiger partial charge in [-0.3, -0.25) is 9.10 Å². The lowest BCUT2D eigenvalue weighted by molar-refractivity contribution is 0.102. The molecule has 0 aliphatic rings. The molecule has 0 saturated carbocycles. The van der Waals surface area contributed by atoms with E-state index in [0.717, 1.165) is 4.31 Å². The fraction of sp³-hybridized carbons (Fsp3) is 0.0500. The number of amides is 1. The average molecular weight is 437 g/mol. The van der Waals surface area contributed by atoms with Gasteiger partial charge in [0.2, 0.25) is 0 Å². The van der Waals surface area contributed by atoms with Crippen LogP contribution < -0.4 is 9.62 Å². The van der Waals surface area contributed by atoms with Crippen LogP contribution in [0.4, 0.5) is 20.2 Å². The quantitative estimate of drug-likeness (QED) is 0.590. The summed E-state index contributed by atoms with van der Waals surface area (Å²) < 4.78 is 53.5. The highest BCUT2D eigenvalue weighted by molar-refractivity contribution is 7.92. The highest BCUT2D eigenvalue weighted by Crippen LogP contribution is 2.25. The second-order valence-electron chi connectivity index (χ2n) is 6.04. The van der Waals surface area contributed by atoms with Gasteiger partial charge in [-0.15, -0.1) is 0 Å². The Bertz CT molecular complexity index is 1170. The first-order chi connectivity index (χ1) is 13.7. The minimum Gasteiger partial charge on any atom is -0.322 e. The number of nitrogens with zero attached hydrogens (tertiary/aromatic N) is 1. The van der Waals surface area contributed by atoms with E-state index in [-0.39, 0.29) is 21.2 Å². The first-order valence-corrected chi connectivity index (χ1v) is 10.1. The third-order valence-electron chi connectivity index (χ3n) is 4.12. The van der Waals surface area contributed by atoms with E-state index in [2.05, 4.69) is 5.32 Å². The molecule has 0 radical (unpaired) electrons. The molecule has 3 aromatic carbocycles. The zero-order valence-electron chi connectivity index (χ0n) is 15.1. The van der Waals surface area contributed by atoms with Crippen molar-refractivity contribution in [2.75, 3.05) is 16.7 Å². The van der Waals surface area contributed by atoms with Crippen molar-refractivity contribution >= 4 is 38.9 Å². The van der Waals surface area contributed by atoms with E-state index in [1.54, 1.807) is 30.3 Å². The van der Waals surface area contributed by atoms with Crippen LogP contribution >= 0.6 is 11.6 Å². The maximum Gasteiger partial charge on any atom is 0.264 e. The zero-order valence-corrected chi connectivity index (χ0v) is 16.6. The van der Waals surface area contributed by atoms with E-state index in [0.29, 0.717) is 17.8 Å². The number of carbonyl (C=O) groups excluding carboxylic acids is 1. The Morgan fingerprint density at radius 3 is 2.31 bits per heavy atom. The van der Waals surface area contributed by atoms with Crippen molar-refractivity contribution in [1.29, 1.82) is 0 Å². The van der Waals surface area contributed by atoms with Crippen LogP contribution in [-0.4, -0.2) is 21.4 Å². The third-order valence-corrected chi connectivity index (χ3v) is 6.22. The number of hydrogen-bond donors (Lipinski definition) is 1. The predicted octanol–water partition coefficient (Wildman–Crippen LogP) is 4.70. The summed E-state index contributed by atoms with van der Waals surface area (Å²) >= 11 is 5.81. The third kappa shape index (κ3) is 4.38. The van der Waals surface area contributed by atoms with Crippen molar-refractivity contribution in [1.82, 2.24) is 0 Å². The van der Waals surface area contributed by atoms with Crippen LogP contribution in [0.25, 0.3) is 0 Å². The van der Waals surface area contributed by atoms with Crippen LogP contribution in [0.2, 0.25) is 5.02 Å². The standard InChI is InChI=1S/C20H15ClF2N2O3S/c1-25(14-7-3-2-4-8-14)29(27,28)15-9-5-6-13(10-15)24-20(26)16-11-18(22)19(23)12-17(16)21/h2-12H,1H3,(H,24,26). The molecule has 3 aromatic rings. The number of sulfonamides is 1. The number of carbonyl (C=O) groups is 1. The first-order valence-electron chi connectivity index (χ1n) is 8.30. The number of hydrogen-bond acceptors (Lipinski definition) is 3. The van der Waals surface area contributed by atoms with Gasteiger partial charge in [0.1, 0.15) is 0 Å². The molecule has 0 atom stereocenters. The van der Waals surface area contributed by atoms with Gasteiger partial charge < -0.3 is 5.32 Å². The molecule has 150 valence electrons. The van der Waals surface area contributed by atoms with Crippen LogP contribution in [0.5, 0.6) is 0 Å². The van der Waals surface area contributed by atoms with Crippen molar-refractivity contribution in [3.63, 3.8) is 0 Å². The molecule has 3 rings (SSSR count). The summed E-state index contributed by atoms with van der Waals surface area (Å²) in [5.74, 6) is -3.20. The molecular formula is C20H15ClF2N2O3S. The van der Waals surface area contributed by atoms with E-state index in [9.17, 15) is 22.0 Å². The van der Waals surface area contributed by atoms with E-state index in [4.69, 9.17) is 11.6 Å². The molecule has 0 heterocycles. The summed E-state index contributed by atoms with van der Waals surface area (Å²) in [6.45, 7) is 0. The maximum atomic E-state index is 13.4. The van der Waals surface area contributed by atoms with Crippen LogP contribution in [0.15, 0.2) is 71.6 Å². The smallest absolute Gasteiger partial charge is 0.264 e. The number of rotatable bonds is 5. The lowest BCUT2D eigenvalue weighted by Gasteiger charge is -2.20. The van der Waals surface area contributed by atoms with Crippen molar-refractivity contribution < 1.29 is 22.0 Å². The molecule has 0 saturated heterocycles. The Hall–Kier alpha value is -2.97. The number of halogens is 3. The number of para-hydroxylation sites is 1. The topological polar surface area (TPSA) is 66.5 Å². The second-order valence-corrected chi connectivity index (χ2v) is 8.41. The number of nitrogens with one attached hydrogen (secondary N) is 1. The van der Waals surface area contributed by atoms with Gasteiger partial charge in [-0.1, -0.05) is 35.9 Å². The van der Waals surface area contributed by atoms with Gasteiger partial charge in [0.25, 0.3) is 15.9 Å².